The molecule has 1 rings (SSSR count). The quantitative estimate of drug-likeness (QED) is 0.610. The molecule has 3 heteroatoms. The Morgan fingerprint density at radius 3 is 2.00 bits per heavy atom. The van der Waals surface area contributed by atoms with Gasteiger partial charge in [0.25, 0.3) is 0 Å². The van der Waals surface area contributed by atoms with Crippen molar-refractivity contribution < 1.29 is 14.3 Å². The van der Waals surface area contributed by atoms with Crippen molar-refractivity contribution in [2.75, 3.05) is 19.8 Å². The molecule has 1 fully saturated rings. The molecule has 0 aromatic heterocycles. The minimum Gasteiger partial charge on any atom is -0.466 e. The van der Waals surface area contributed by atoms with Crippen LogP contribution in [0.2, 0.25) is 0 Å². The van der Waals surface area contributed by atoms with Crippen LogP contribution in [0.3, 0.4) is 0 Å². The summed E-state index contributed by atoms with van der Waals surface area (Å²) in [4.78, 5) is 11.3. The molecule has 0 spiro atoms. The zero-order valence-corrected chi connectivity index (χ0v) is 10.9. The molecule has 0 radical (unpaired) electrons. The molecular weight excluding hydrogens is 216 g/mol. The summed E-state index contributed by atoms with van der Waals surface area (Å²) in [7, 11) is 0. The summed E-state index contributed by atoms with van der Waals surface area (Å²) >= 11 is 0. The molecule has 0 aromatic rings. The first-order chi connectivity index (χ1) is 8.39. The predicted octanol–water partition coefficient (Wildman–Crippen LogP) is 3.46. The topological polar surface area (TPSA) is 35.5 Å². The highest BCUT2D eigenvalue weighted by Gasteiger charge is 2.02. The largest absolute Gasteiger partial charge is 0.466 e. The minimum absolute atomic E-state index is 0.0444. The average molecular weight is 242 g/mol. The Kier molecular flexibility index (Phi) is 9.01. The molecule has 17 heavy (non-hydrogen) atoms. The first-order valence-corrected chi connectivity index (χ1v) is 7.13. The van der Waals surface area contributed by atoms with Crippen molar-refractivity contribution in [1.82, 2.24) is 0 Å². The van der Waals surface area contributed by atoms with E-state index in [2.05, 4.69) is 0 Å². The Morgan fingerprint density at radius 1 is 0.647 bits per heavy atom. The van der Waals surface area contributed by atoms with E-state index < -0.39 is 0 Å². The number of hydrogen-bond acceptors (Lipinski definition) is 3. The first-order valence-electron chi connectivity index (χ1n) is 7.13. The van der Waals surface area contributed by atoms with Crippen molar-refractivity contribution in [3.8, 4) is 0 Å². The van der Waals surface area contributed by atoms with Crippen LogP contribution in [-0.4, -0.2) is 25.8 Å². The lowest BCUT2D eigenvalue weighted by Gasteiger charge is -2.07. The fourth-order valence-corrected chi connectivity index (χ4v) is 2.06. The second-order valence-electron chi connectivity index (χ2n) is 4.76. The molecule has 0 amide bonds. The van der Waals surface area contributed by atoms with E-state index in [-0.39, 0.29) is 5.97 Å². The standard InChI is InChI=1S/C14H26O3/c15-14-10-7-5-3-1-2-4-6-8-11-16-12-9-13-17-14/h1-13H2. The van der Waals surface area contributed by atoms with Gasteiger partial charge in [-0.2, -0.15) is 0 Å². The Hall–Kier alpha value is -0.570. The summed E-state index contributed by atoms with van der Waals surface area (Å²) in [5.41, 5.74) is 0. The number of hydrogen-bond donors (Lipinski definition) is 0. The molecule has 0 atom stereocenters. The number of ether oxygens (including phenoxy) is 2. The van der Waals surface area contributed by atoms with Crippen molar-refractivity contribution in [1.29, 1.82) is 0 Å². The van der Waals surface area contributed by atoms with Crippen molar-refractivity contribution >= 4 is 5.97 Å². The lowest BCUT2D eigenvalue weighted by molar-refractivity contribution is -0.144. The summed E-state index contributed by atoms with van der Waals surface area (Å²) in [6, 6.07) is 0. The van der Waals surface area contributed by atoms with E-state index in [1.807, 2.05) is 0 Å². The van der Waals surface area contributed by atoms with Crippen molar-refractivity contribution in [3.63, 3.8) is 0 Å². The van der Waals surface area contributed by atoms with Gasteiger partial charge in [-0.05, 0) is 12.8 Å². The van der Waals surface area contributed by atoms with Crippen LogP contribution in [0.15, 0.2) is 0 Å². The molecule has 1 aliphatic rings. The Morgan fingerprint density at radius 2 is 1.24 bits per heavy atom. The highest BCUT2D eigenvalue weighted by Crippen LogP contribution is 2.10. The van der Waals surface area contributed by atoms with E-state index in [9.17, 15) is 4.79 Å². The fraction of sp³-hybridized carbons (Fsp3) is 0.929. The van der Waals surface area contributed by atoms with Crippen LogP contribution in [0.4, 0.5) is 0 Å². The average Bonchev–Trinajstić information content (AvgIpc) is 2.32. The zero-order valence-electron chi connectivity index (χ0n) is 10.9. The van der Waals surface area contributed by atoms with Crippen LogP contribution in [0.5, 0.6) is 0 Å². The number of rotatable bonds is 0. The van der Waals surface area contributed by atoms with E-state index >= 15 is 0 Å². The molecule has 1 heterocycles. The molecule has 1 saturated heterocycles. The van der Waals surface area contributed by atoms with Gasteiger partial charge in [0.05, 0.1) is 6.61 Å². The van der Waals surface area contributed by atoms with Gasteiger partial charge in [-0.3, -0.25) is 4.79 Å². The molecular formula is C14H26O3. The van der Waals surface area contributed by atoms with Gasteiger partial charge in [-0.1, -0.05) is 38.5 Å². The third-order valence-corrected chi connectivity index (χ3v) is 3.12. The lowest BCUT2D eigenvalue weighted by atomic mass is 10.1. The van der Waals surface area contributed by atoms with Crippen LogP contribution in [0.1, 0.15) is 64.2 Å². The SMILES string of the molecule is O=C1CCCCCCCCCCOCCCO1. The molecule has 100 valence electrons. The molecule has 3 nitrogen and oxygen atoms in total. The van der Waals surface area contributed by atoms with E-state index in [1.54, 1.807) is 0 Å². The maximum absolute atomic E-state index is 11.3. The Bertz CT molecular complexity index is 174. The Balaban J connectivity index is 2.11. The zero-order chi connectivity index (χ0) is 12.2. The second-order valence-corrected chi connectivity index (χ2v) is 4.76. The molecule has 0 N–H and O–H groups in total. The van der Waals surface area contributed by atoms with Gasteiger partial charge in [-0.15, -0.1) is 0 Å². The molecule has 0 aromatic carbocycles. The third kappa shape index (κ3) is 9.16. The van der Waals surface area contributed by atoms with Crippen LogP contribution in [0, 0.1) is 0 Å². The molecule has 1 aliphatic heterocycles. The van der Waals surface area contributed by atoms with Crippen LogP contribution in [0.25, 0.3) is 0 Å². The predicted molar refractivity (Wildman–Crippen MR) is 67.9 cm³/mol. The third-order valence-electron chi connectivity index (χ3n) is 3.12. The van der Waals surface area contributed by atoms with Crippen LogP contribution >= 0.6 is 0 Å². The minimum atomic E-state index is -0.0444. The number of esters is 1. The van der Waals surface area contributed by atoms with Crippen molar-refractivity contribution in [2.24, 2.45) is 0 Å². The molecule has 0 bridgehead atoms. The highest BCUT2D eigenvalue weighted by molar-refractivity contribution is 5.69. The van der Waals surface area contributed by atoms with Gasteiger partial charge in [0.15, 0.2) is 0 Å². The van der Waals surface area contributed by atoms with Gasteiger partial charge in [0.1, 0.15) is 0 Å². The van der Waals surface area contributed by atoms with Gasteiger partial charge in [-0.25, -0.2) is 0 Å². The van der Waals surface area contributed by atoms with Crippen LogP contribution < -0.4 is 0 Å². The van der Waals surface area contributed by atoms with Gasteiger partial charge >= 0.3 is 5.97 Å². The summed E-state index contributed by atoms with van der Waals surface area (Å²) in [6.07, 6.45) is 11.2. The summed E-state index contributed by atoms with van der Waals surface area (Å²) in [5.74, 6) is -0.0444. The molecule has 0 unspecified atom stereocenters. The maximum Gasteiger partial charge on any atom is 0.305 e. The molecule has 0 aliphatic carbocycles. The summed E-state index contributed by atoms with van der Waals surface area (Å²) in [6.45, 7) is 2.08. The number of cyclic esters (lactones) is 1. The first kappa shape index (κ1) is 14.5. The number of carbonyl (C=O) groups excluding carboxylic acids is 1. The maximum atomic E-state index is 11.3. The summed E-state index contributed by atoms with van der Waals surface area (Å²) in [5, 5.41) is 0. The van der Waals surface area contributed by atoms with Crippen molar-refractivity contribution in [3.05, 3.63) is 0 Å². The van der Waals surface area contributed by atoms with Gasteiger partial charge < -0.3 is 9.47 Å². The highest BCUT2D eigenvalue weighted by atomic mass is 16.5. The number of carbonyl (C=O) groups is 1. The lowest BCUT2D eigenvalue weighted by Crippen LogP contribution is -2.08. The Labute approximate surface area is 105 Å². The van der Waals surface area contributed by atoms with Crippen molar-refractivity contribution in [2.45, 2.75) is 64.2 Å². The summed E-state index contributed by atoms with van der Waals surface area (Å²) < 4.78 is 10.6. The molecule has 0 saturated carbocycles. The van der Waals surface area contributed by atoms with E-state index in [0.717, 1.165) is 25.9 Å². The van der Waals surface area contributed by atoms with Crippen LogP contribution in [-0.2, 0) is 14.3 Å². The van der Waals surface area contributed by atoms with E-state index in [4.69, 9.17) is 9.47 Å². The van der Waals surface area contributed by atoms with Gasteiger partial charge in [0.2, 0.25) is 0 Å². The smallest absolute Gasteiger partial charge is 0.305 e. The fourth-order valence-electron chi connectivity index (χ4n) is 2.06. The van der Waals surface area contributed by atoms with Gasteiger partial charge in [0, 0.05) is 26.1 Å². The van der Waals surface area contributed by atoms with E-state index in [0.29, 0.717) is 19.6 Å². The normalized spacial score (nSPS) is 22.9. The monoisotopic (exact) mass is 242 g/mol. The second kappa shape index (κ2) is 10.6. The van der Waals surface area contributed by atoms with E-state index in [1.165, 1.54) is 38.5 Å².